The lowest BCUT2D eigenvalue weighted by Crippen LogP contribution is -3.09. The summed E-state index contributed by atoms with van der Waals surface area (Å²) in [5.74, 6) is 2.61. The van der Waals surface area contributed by atoms with Gasteiger partial charge in [0.2, 0.25) is 0 Å². The molecular formula is C19H22N3O4S+. The largest absolute Gasteiger partial charge is 0.497 e. The smallest absolute Gasteiger partial charge is 0.292 e. The summed E-state index contributed by atoms with van der Waals surface area (Å²) >= 11 is 5.36. The van der Waals surface area contributed by atoms with Crippen molar-refractivity contribution in [2.24, 2.45) is 0 Å². The molecule has 1 aromatic carbocycles. The Hall–Kier alpha value is -2.58. The van der Waals surface area contributed by atoms with Gasteiger partial charge in [0.25, 0.3) is 10.7 Å². The standard InChI is InChI=1S/C19H21N3O4S/c1-23-13-7-8-14(17(11-13)24-2)15-5-3-9-21(15)12-22-19(27)26-18(20-22)16-6-4-10-25-16/h4,6-8,10-11,15H,3,5,9,12H2,1-2H3/p+1/t15-/m1/s1. The van der Waals surface area contributed by atoms with Crippen molar-refractivity contribution in [3.05, 3.63) is 47.0 Å². The summed E-state index contributed by atoms with van der Waals surface area (Å²) in [5, 5.41) is 4.49. The van der Waals surface area contributed by atoms with Gasteiger partial charge in [-0.1, -0.05) is 0 Å². The van der Waals surface area contributed by atoms with Gasteiger partial charge in [-0.2, -0.15) is 4.68 Å². The van der Waals surface area contributed by atoms with E-state index in [9.17, 15) is 0 Å². The van der Waals surface area contributed by atoms with E-state index < -0.39 is 0 Å². The van der Waals surface area contributed by atoms with Crippen LogP contribution in [0.5, 0.6) is 11.5 Å². The van der Waals surface area contributed by atoms with Gasteiger partial charge in [0.05, 0.1) is 32.6 Å². The highest BCUT2D eigenvalue weighted by molar-refractivity contribution is 7.71. The molecule has 0 radical (unpaired) electrons. The van der Waals surface area contributed by atoms with Gasteiger partial charge in [-0.25, -0.2) is 0 Å². The number of furan rings is 1. The van der Waals surface area contributed by atoms with Gasteiger partial charge in [0.1, 0.15) is 17.5 Å². The van der Waals surface area contributed by atoms with Crippen molar-refractivity contribution in [2.75, 3.05) is 20.8 Å². The van der Waals surface area contributed by atoms with Crippen LogP contribution < -0.4 is 14.4 Å². The van der Waals surface area contributed by atoms with Crippen molar-refractivity contribution in [1.82, 2.24) is 9.78 Å². The van der Waals surface area contributed by atoms with E-state index in [0.717, 1.165) is 30.9 Å². The minimum absolute atomic E-state index is 0.302. The number of ether oxygens (including phenoxy) is 2. The molecule has 7 nitrogen and oxygen atoms in total. The monoisotopic (exact) mass is 388 g/mol. The van der Waals surface area contributed by atoms with Gasteiger partial charge in [-0.3, -0.25) is 0 Å². The Morgan fingerprint density at radius 3 is 2.93 bits per heavy atom. The second kappa shape index (κ2) is 7.58. The van der Waals surface area contributed by atoms with E-state index >= 15 is 0 Å². The fraction of sp³-hybridized carbons (Fsp3) is 0.368. The zero-order valence-electron chi connectivity index (χ0n) is 15.3. The predicted octanol–water partition coefficient (Wildman–Crippen LogP) is 2.86. The number of hydrogen-bond donors (Lipinski definition) is 1. The molecule has 3 aromatic rings. The molecule has 4 rings (SSSR count). The molecule has 1 fully saturated rings. The second-order valence-electron chi connectivity index (χ2n) is 6.52. The number of benzene rings is 1. The molecule has 1 aliphatic rings. The summed E-state index contributed by atoms with van der Waals surface area (Å²) in [6, 6.07) is 9.90. The SMILES string of the molecule is COc1ccc([C@H]2CCC[NH+]2Cn2nc(-c3ccco3)oc2=S)c(OC)c1. The summed E-state index contributed by atoms with van der Waals surface area (Å²) in [6.07, 6.45) is 3.80. The van der Waals surface area contributed by atoms with Crippen LogP contribution in [-0.4, -0.2) is 30.5 Å². The first-order valence-corrected chi connectivity index (χ1v) is 9.28. The van der Waals surface area contributed by atoms with Crippen molar-refractivity contribution in [3.63, 3.8) is 0 Å². The molecule has 27 heavy (non-hydrogen) atoms. The molecule has 2 atom stereocenters. The first-order valence-electron chi connectivity index (χ1n) is 8.88. The van der Waals surface area contributed by atoms with Crippen LogP contribution in [-0.2, 0) is 6.67 Å². The highest BCUT2D eigenvalue weighted by Gasteiger charge is 2.33. The van der Waals surface area contributed by atoms with Crippen LogP contribution in [0.4, 0.5) is 0 Å². The summed E-state index contributed by atoms with van der Waals surface area (Å²) in [5.41, 5.74) is 1.17. The van der Waals surface area contributed by atoms with Crippen LogP contribution in [0.3, 0.4) is 0 Å². The molecule has 1 saturated heterocycles. The first-order chi connectivity index (χ1) is 13.2. The number of rotatable bonds is 6. The minimum Gasteiger partial charge on any atom is -0.497 e. The van der Waals surface area contributed by atoms with Crippen LogP contribution in [0.2, 0.25) is 0 Å². The van der Waals surface area contributed by atoms with Gasteiger partial charge in [0.15, 0.2) is 12.4 Å². The molecular weight excluding hydrogens is 366 g/mol. The van der Waals surface area contributed by atoms with Gasteiger partial charge < -0.3 is 23.2 Å². The Bertz CT molecular complexity index is 964. The Kier molecular flexibility index (Phi) is 5.00. The molecule has 0 saturated carbocycles. The van der Waals surface area contributed by atoms with E-state index in [2.05, 4.69) is 11.2 Å². The summed E-state index contributed by atoms with van der Waals surface area (Å²) < 4.78 is 23.6. The van der Waals surface area contributed by atoms with Crippen molar-refractivity contribution in [3.8, 4) is 23.1 Å². The highest BCUT2D eigenvalue weighted by Crippen LogP contribution is 2.31. The highest BCUT2D eigenvalue weighted by atomic mass is 32.1. The van der Waals surface area contributed by atoms with Crippen LogP contribution in [0.1, 0.15) is 24.4 Å². The number of likely N-dealkylation sites (tertiary alicyclic amines) is 1. The van der Waals surface area contributed by atoms with E-state index in [4.69, 9.17) is 30.5 Å². The zero-order chi connectivity index (χ0) is 18.8. The number of nitrogens with one attached hydrogen (secondary N) is 1. The van der Waals surface area contributed by atoms with Crippen molar-refractivity contribution in [2.45, 2.75) is 25.6 Å². The van der Waals surface area contributed by atoms with Gasteiger partial charge in [-0.05, 0) is 36.5 Å². The topological polar surface area (TPSA) is 67.0 Å². The number of quaternary nitrogens is 1. The number of aromatic nitrogens is 2. The van der Waals surface area contributed by atoms with Crippen molar-refractivity contribution < 1.29 is 23.2 Å². The zero-order valence-corrected chi connectivity index (χ0v) is 16.1. The van der Waals surface area contributed by atoms with Gasteiger partial charge >= 0.3 is 0 Å². The average Bonchev–Trinajstić information content (AvgIpc) is 3.43. The van der Waals surface area contributed by atoms with E-state index in [0.29, 0.717) is 29.2 Å². The molecule has 0 aliphatic carbocycles. The number of nitrogens with zero attached hydrogens (tertiary/aromatic N) is 2. The van der Waals surface area contributed by atoms with Crippen molar-refractivity contribution >= 4 is 12.2 Å². The third-order valence-corrected chi connectivity index (χ3v) is 5.28. The molecule has 3 heterocycles. The fourth-order valence-electron chi connectivity index (χ4n) is 3.68. The number of hydrogen-bond acceptors (Lipinski definition) is 6. The second-order valence-corrected chi connectivity index (χ2v) is 6.87. The lowest BCUT2D eigenvalue weighted by Gasteiger charge is -2.23. The van der Waals surface area contributed by atoms with E-state index in [1.807, 2.05) is 12.1 Å². The normalized spacial score (nSPS) is 19.3. The van der Waals surface area contributed by atoms with E-state index in [1.165, 1.54) is 10.5 Å². The summed E-state index contributed by atoms with van der Waals surface area (Å²) in [6.45, 7) is 1.66. The first kappa shape index (κ1) is 17.8. The molecule has 1 N–H and O–H groups in total. The van der Waals surface area contributed by atoms with Gasteiger partial charge in [-0.15, -0.1) is 5.10 Å². The Labute approximate surface area is 162 Å². The maximum atomic E-state index is 5.61. The molecule has 8 heteroatoms. The predicted molar refractivity (Wildman–Crippen MR) is 100 cm³/mol. The Morgan fingerprint density at radius 1 is 1.30 bits per heavy atom. The maximum absolute atomic E-state index is 5.61. The molecule has 2 aromatic heterocycles. The van der Waals surface area contributed by atoms with Crippen LogP contribution in [0, 0.1) is 4.84 Å². The van der Waals surface area contributed by atoms with Gasteiger partial charge in [0, 0.05) is 18.9 Å². The number of methoxy groups -OCH3 is 2. The van der Waals surface area contributed by atoms with E-state index in [-0.39, 0.29) is 0 Å². The molecule has 142 valence electrons. The minimum atomic E-state index is 0.302. The molecule has 0 bridgehead atoms. The average molecular weight is 388 g/mol. The lowest BCUT2D eigenvalue weighted by atomic mass is 10.0. The fourth-order valence-corrected chi connectivity index (χ4v) is 3.87. The molecule has 1 unspecified atom stereocenters. The quantitative estimate of drug-likeness (QED) is 0.655. The Morgan fingerprint density at radius 2 is 2.19 bits per heavy atom. The maximum Gasteiger partial charge on any atom is 0.292 e. The van der Waals surface area contributed by atoms with Crippen LogP contribution in [0.15, 0.2) is 45.4 Å². The Balaban J connectivity index is 1.59. The molecule has 0 spiro atoms. The van der Waals surface area contributed by atoms with Crippen LogP contribution in [0.25, 0.3) is 11.7 Å². The van der Waals surface area contributed by atoms with Crippen molar-refractivity contribution in [1.29, 1.82) is 0 Å². The van der Waals surface area contributed by atoms with E-state index in [1.54, 1.807) is 37.3 Å². The third kappa shape index (κ3) is 3.50. The summed E-state index contributed by atoms with van der Waals surface area (Å²) in [7, 11) is 3.35. The molecule has 1 aliphatic heterocycles. The lowest BCUT2D eigenvalue weighted by molar-refractivity contribution is -0.941. The summed E-state index contributed by atoms with van der Waals surface area (Å²) in [4.78, 5) is 1.72. The van der Waals surface area contributed by atoms with Crippen LogP contribution >= 0.6 is 12.2 Å². The molecule has 0 amide bonds. The third-order valence-electron chi connectivity index (χ3n) is 4.99.